The summed E-state index contributed by atoms with van der Waals surface area (Å²) in [7, 11) is 6.71. The van der Waals surface area contributed by atoms with Gasteiger partial charge in [-0.25, -0.2) is 4.68 Å². The van der Waals surface area contributed by atoms with Crippen LogP contribution in [-0.2, 0) is 56.7 Å². The topological polar surface area (TPSA) is 177 Å². The number of hydrogen-bond donors (Lipinski definition) is 4. The van der Waals surface area contributed by atoms with Crippen LogP contribution in [0.3, 0.4) is 0 Å². The molecule has 9 rings (SSSR count). The summed E-state index contributed by atoms with van der Waals surface area (Å²) in [6.45, 7) is 65.5. The van der Waals surface area contributed by atoms with Gasteiger partial charge in [-0.1, -0.05) is 210 Å². The first-order chi connectivity index (χ1) is 41.6. The summed E-state index contributed by atoms with van der Waals surface area (Å²) in [5.41, 5.74) is 16.4. The number of nitrogens with one attached hydrogen (secondary N) is 2. The molecular weight excluding hydrogens is 1370 g/mol. The zero-order chi connectivity index (χ0) is 71.4. The third-order valence-electron chi connectivity index (χ3n) is 23.1. The Morgan fingerprint density at radius 2 is 0.870 bits per heavy atom. The molecule has 3 aliphatic carbocycles. The summed E-state index contributed by atoms with van der Waals surface area (Å²) >= 11 is 4.24. The molecule has 4 N–H and O–H groups in total. The van der Waals surface area contributed by atoms with Crippen molar-refractivity contribution in [2.45, 2.75) is 257 Å². The van der Waals surface area contributed by atoms with Gasteiger partial charge in [0.2, 0.25) is 17.4 Å². The van der Waals surface area contributed by atoms with E-state index >= 15 is 0 Å². The minimum atomic E-state index is -1.39. The lowest BCUT2D eigenvalue weighted by Crippen LogP contribution is -2.52. The Morgan fingerprint density at radius 3 is 1.15 bits per heavy atom. The Labute approximate surface area is 580 Å². The lowest BCUT2D eigenvalue weighted by molar-refractivity contribution is -0.0435. The van der Waals surface area contributed by atoms with Gasteiger partial charge < -0.3 is 20.0 Å². The summed E-state index contributed by atoms with van der Waals surface area (Å²) in [4.78, 5) is 49.8. The normalized spacial score (nSPS) is 17.6. The Hall–Kier alpha value is -4.59. The summed E-state index contributed by atoms with van der Waals surface area (Å²) in [6, 6.07) is 13.7. The van der Waals surface area contributed by atoms with E-state index in [2.05, 4.69) is 202 Å². The van der Waals surface area contributed by atoms with E-state index in [1.165, 1.54) is 42.7 Å². The highest BCUT2D eigenvalue weighted by atomic mass is 128. The third kappa shape index (κ3) is 15.3. The van der Waals surface area contributed by atoms with Gasteiger partial charge in [-0.05, 0) is 160 Å². The van der Waals surface area contributed by atoms with Crippen molar-refractivity contribution in [2.24, 2.45) is 53.6 Å². The number of carbonyl (C=O) groups excluding carboxylic acids is 2. The van der Waals surface area contributed by atoms with Crippen molar-refractivity contribution in [2.75, 3.05) is 7.11 Å². The van der Waals surface area contributed by atoms with Gasteiger partial charge in [-0.3, -0.25) is 33.6 Å². The fourth-order valence-corrected chi connectivity index (χ4v) is 14.7. The first kappa shape index (κ1) is 85.4. The van der Waals surface area contributed by atoms with Gasteiger partial charge in [-0.15, -0.1) is 0 Å². The van der Waals surface area contributed by atoms with Gasteiger partial charge in [-0.2, -0.15) is 5.10 Å². The molecule has 0 saturated heterocycles. The zero-order valence-corrected chi connectivity index (χ0v) is 67.0. The SMILES string of the molecule is C.CC.CC.CC.COc1c(C(=O)c2ccc3c(c2C)C(C)(C)C(C)(C)C(C)(C)C3)c(C)nn1C.Cc1[nH]n(C)c(=O)c1C(=O)c1ccc2c(c1C)C(C)(C)C(C)(C)C(C)(C)C2.Cc1c(C(O)O)ccc2c1C(C)(C)C(C)(C)C(C)(C)C2.Cc1cc(=O)n(C)[nH]1.II. The molecule has 518 valence electrons. The summed E-state index contributed by atoms with van der Waals surface area (Å²) < 4.78 is 9.91. The van der Waals surface area contributed by atoms with Gasteiger partial charge in [0.25, 0.3) is 11.1 Å². The van der Waals surface area contributed by atoms with Crippen LogP contribution in [0.5, 0.6) is 5.88 Å². The summed E-state index contributed by atoms with van der Waals surface area (Å²) in [5, 5.41) is 29.3. The minimum Gasteiger partial charge on any atom is -0.481 e. The number of ketones is 2. The number of hydrogen-bond acceptors (Lipinski definition) is 8. The fraction of sp³-hybridized carbons (Fsp3) is 0.623. The molecule has 0 atom stereocenters. The van der Waals surface area contributed by atoms with Crippen molar-refractivity contribution in [1.29, 1.82) is 0 Å². The molecule has 3 aromatic carbocycles. The van der Waals surface area contributed by atoms with Crippen LogP contribution < -0.4 is 15.9 Å². The molecule has 0 unspecified atom stereocenters. The zero-order valence-electron chi connectivity index (χ0n) is 62.7. The Morgan fingerprint density at radius 1 is 0.533 bits per heavy atom. The molecule has 3 aliphatic rings. The number of aromatic nitrogens is 6. The van der Waals surface area contributed by atoms with Crippen LogP contribution in [-0.4, -0.2) is 58.2 Å². The van der Waals surface area contributed by atoms with Crippen molar-refractivity contribution >= 4 is 48.8 Å². The first-order valence-electron chi connectivity index (χ1n) is 32.7. The van der Waals surface area contributed by atoms with Crippen LogP contribution >= 0.6 is 37.2 Å². The second-order valence-corrected chi connectivity index (χ2v) is 29.7. The number of H-pyrrole nitrogens is 2. The smallest absolute Gasteiger partial charge is 0.277 e. The van der Waals surface area contributed by atoms with Crippen molar-refractivity contribution < 1.29 is 24.5 Å². The predicted octanol–water partition coefficient (Wildman–Crippen LogP) is 19.0. The first-order valence-corrected chi connectivity index (χ1v) is 39.0. The van der Waals surface area contributed by atoms with Gasteiger partial charge >= 0.3 is 0 Å². The fourth-order valence-electron chi connectivity index (χ4n) is 14.7. The number of fused-ring (bicyclic) bond motifs is 3. The van der Waals surface area contributed by atoms with Crippen LogP contribution in [0.25, 0.3) is 0 Å². The van der Waals surface area contributed by atoms with E-state index in [1.54, 1.807) is 45.9 Å². The molecule has 15 heteroatoms. The monoisotopic (exact) mass is 1500 g/mol. The van der Waals surface area contributed by atoms with E-state index in [-0.39, 0.29) is 84.4 Å². The van der Waals surface area contributed by atoms with Crippen LogP contribution in [0, 0.1) is 74.0 Å². The maximum absolute atomic E-state index is 13.5. The number of ether oxygens (including phenoxy) is 1. The Balaban J connectivity index is 0.000000619. The quantitative estimate of drug-likeness (QED) is 0.0723. The number of halogens is 2. The second kappa shape index (κ2) is 31.5. The predicted molar refractivity (Wildman–Crippen MR) is 405 cm³/mol. The molecule has 3 heterocycles. The molecule has 0 amide bonds. The number of nitrogens with zero attached hydrogens (tertiary/aromatic N) is 4. The van der Waals surface area contributed by atoms with E-state index in [1.807, 2.05) is 87.4 Å². The molecule has 6 aromatic rings. The van der Waals surface area contributed by atoms with Crippen LogP contribution in [0.2, 0.25) is 0 Å². The maximum atomic E-state index is 13.5. The van der Waals surface area contributed by atoms with Crippen molar-refractivity contribution in [3.63, 3.8) is 0 Å². The molecule has 3 aromatic heterocycles. The molecule has 92 heavy (non-hydrogen) atoms. The molecule has 0 bridgehead atoms. The highest BCUT2D eigenvalue weighted by molar-refractivity contribution is 15.0. The van der Waals surface area contributed by atoms with Crippen molar-refractivity contribution in [3.05, 3.63) is 158 Å². The van der Waals surface area contributed by atoms with Gasteiger partial charge in [0.15, 0.2) is 6.29 Å². The Kier molecular flexibility index (Phi) is 29.3. The number of aliphatic hydroxyl groups is 2. The molecule has 0 spiro atoms. The highest BCUT2D eigenvalue weighted by Crippen LogP contribution is 2.62. The van der Waals surface area contributed by atoms with Crippen molar-refractivity contribution in [1.82, 2.24) is 29.3 Å². The van der Waals surface area contributed by atoms with Gasteiger partial charge in [0, 0.05) is 92.5 Å². The van der Waals surface area contributed by atoms with E-state index in [0.29, 0.717) is 34.0 Å². The number of rotatable bonds is 6. The average molecular weight is 1500 g/mol. The summed E-state index contributed by atoms with van der Waals surface area (Å²) in [6.07, 6.45) is 1.64. The lowest BCUT2D eigenvalue weighted by Gasteiger charge is -2.57. The van der Waals surface area contributed by atoms with Crippen molar-refractivity contribution in [3.8, 4) is 5.88 Å². The van der Waals surface area contributed by atoms with Crippen LogP contribution in [0.4, 0.5) is 0 Å². The Bertz CT molecular complexity index is 3640. The standard InChI is InChI=1S/C24H34N2O2.C23H32N2O2.C18H28O2.C5H8N2O.3C2H6.CH4.I2/c1-14-17(20(27)18-15(2)25-26(9)21(18)28-10)12-11-16-13-22(3,4)24(7,8)23(5,6)19(14)16;1-13-16(19(26)17-14(2)24-25(9)20(17)27)11-10-15-12-21(3,4)23(7,8)22(5,6)18(13)15;1-11-13(15(19)20)9-8-12-10-16(2,3)18(6,7)17(4,5)14(11)12;1-4-3-5(8)7(2)6-4;3*1-2;;1-2/h11-12H,13H2,1-10H3;10-11,24H,12H2,1-9H3;8-9,15,19-20H,10H2,1-7H3;3,6H,1-2H3;3*1-2H3;1H4;. The van der Waals surface area contributed by atoms with E-state index in [4.69, 9.17) is 4.74 Å². The largest absolute Gasteiger partial charge is 0.481 e. The number of carbonyl (C=O) groups is 2. The third-order valence-corrected chi connectivity index (χ3v) is 23.1. The number of aromatic amines is 2. The van der Waals surface area contributed by atoms with Crippen LogP contribution in [0.1, 0.15) is 284 Å². The summed E-state index contributed by atoms with van der Waals surface area (Å²) in [5.74, 6) is 0.314. The molecule has 0 saturated carbocycles. The van der Waals surface area contributed by atoms with E-state index in [0.717, 1.165) is 47.2 Å². The molecule has 0 radical (unpaired) electrons. The molecule has 13 nitrogen and oxygen atoms in total. The van der Waals surface area contributed by atoms with E-state index in [9.17, 15) is 29.4 Å². The maximum Gasteiger partial charge on any atom is 0.277 e. The molecular formula is C77H124I2N6O7. The number of benzene rings is 3. The molecule has 0 fully saturated rings. The second-order valence-electron chi connectivity index (χ2n) is 29.7. The number of methoxy groups -OCH3 is 1. The van der Waals surface area contributed by atoms with Crippen LogP contribution in [0.15, 0.2) is 52.1 Å². The van der Waals surface area contributed by atoms with Gasteiger partial charge in [0.1, 0.15) is 11.1 Å². The average Bonchev–Trinajstić information content (AvgIpc) is 0.902. The highest BCUT2D eigenvalue weighted by Gasteiger charge is 2.56. The lowest BCUT2D eigenvalue weighted by atomic mass is 9.47. The minimum absolute atomic E-state index is 0. The number of aliphatic hydroxyl groups excluding tert-OH is 1. The van der Waals surface area contributed by atoms with Gasteiger partial charge in [0.05, 0.1) is 12.8 Å². The number of aryl methyl sites for hydroxylation is 6. The van der Waals surface area contributed by atoms with E-state index < -0.39 is 6.29 Å². The molecule has 0 aliphatic heterocycles.